The van der Waals surface area contributed by atoms with E-state index >= 15 is 0 Å². The molecule has 2 aromatic carbocycles. The Morgan fingerprint density at radius 3 is 2.94 bits per heavy atom. The number of thioether (sulfide) groups is 1. The zero-order valence-electron chi connectivity index (χ0n) is 16.5. The molecular formula is C23H19IN2O3S2. The van der Waals surface area contributed by atoms with Crippen LogP contribution in [0.15, 0.2) is 47.4 Å². The van der Waals surface area contributed by atoms with Crippen molar-refractivity contribution < 1.29 is 14.3 Å². The molecule has 0 N–H and O–H groups in total. The number of nitriles is 1. The van der Waals surface area contributed by atoms with Crippen LogP contribution in [0.5, 0.6) is 5.75 Å². The van der Waals surface area contributed by atoms with Gasteiger partial charge in [-0.15, -0.1) is 0 Å². The summed E-state index contributed by atoms with van der Waals surface area (Å²) in [7, 11) is 0. The van der Waals surface area contributed by atoms with E-state index in [9.17, 15) is 10.1 Å². The first-order valence-electron chi connectivity index (χ1n) is 9.82. The Labute approximate surface area is 204 Å². The highest BCUT2D eigenvalue weighted by Gasteiger charge is 2.34. The summed E-state index contributed by atoms with van der Waals surface area (Å²) in [6.07, 6.45) is 3.94. The molecular weight excluding hydrogens is 543 g/mol. The van der Waals surface area contributed by atoms with E-state index < -0.39 is 0 Å². The number of hydrogen-bond acceptors (Lipinski definition) is 6. The molecule has 31 heavy (non-hydrogen) atoms. The molecule has 2 aromatic rings. The number of halogens is 1. The Morgan fingerprint density at radius 2 is 2.19 bits per heavy atom. The van der Waals surface area contributed by atoms with E-state index in [0.717, 1.165) is 39.9 Å². The highest BCUT2D eigenvalue weighted by Crippen LogP contribution is 2.34. The first kappa shape index (κ1) is 22.3. The molecule has 4 rings (SSSR count). The molecule has 2 fully saturated rings. The topological polar surface area (TPSA) is 62.6 Å². The molecule has 8 heteroatoms. The third kappa shape index (κ3) is 5.29. The van der Waals surface area contributed by atoms with Crippen LogP contribution in [0.3, 0.4) is 0 Å². The lowest BCUT2D eigenvalue weighted by Crippen LogP contribution is -2.35. The Bertz CT molecular complexity index is 1090. The number of rotatable bonds is 6. The summed E-state index contributed by atoms with van der Waals surface area (Å²) in [5.74, 6) is 0.672. The van der Waals surface area contributed by atoms with Crippen molar-refractivity contribution in [1.82, 2.24) is 4.90 Å². The lowest BCUT2D eigenvalue weighted by molar-refractivity contribution is -0.123. The molecule has 0 radical (unpaired) electrons. The van der Waals surface area contributed by atoms with Gasteiger partial charge in [-0.05, 0) is 65.3 Å². The van der Waals surface area contributed by atoms with Crippen LogP contribution in [0.2, 0.25) is 0 Å². The van der Waals surface area contributed by atoms with E-state index in [4.69, 9.17) is 21.7 Å². The largest absolute Gasteiger partial charge is 0.488 e. The van der Waals surface area contributed by atoms with Gasteiger partial charge in [0.25, 0.3) is 5.91 Å². The van der Waals surface area contributed by atoms with Gasteiger partial charge in [0.15, 0.2) is 0 Å². The van der Waals surface area contributed by atoms with Crippen molar-refractivity contribution in [3.05, 3.63) is 67.6 Å². The quantitative estimate of drug-likeness (QED) is 0.277. The Hall–Kier alpha value is -1.93. The molecule has 0 aromatic heterocycles. The van der Waals surface area contributed by atoms with Crippen LogP contribution < -0.4 is 4.74 Å². The van der Waals surface area contributed by atoms with Crippen LogP contribution in [-0.4, -0.2) is 34.4 Å². The van der Waals surface area contributed by atoms with Crippen LogP contribution in [-0.2, 0) is 16.1 Å². The number of nitrogens with zero attached hydrogens (tertiary/aromatic N) is 2. The molecule has 2 saturated heterocycles. The molecule has 5 nitrogen and oxygen atoms in total. The molecule has 2 aliphatic heterocycles. The maximum Gasteiger partial charge on any atom is 0.266 e. The Morgan fingerprint density at radius 1 is 1.35 bits per heavy atom. The summed E-state index contributed by atoms with van der Waals surface area (Å²) in [5, 5.41) is 9.22. The van der Waals surface area contributed by atoms with Gasteiger partial charge in [-0.1, -0.05) is 48.2 Å². The standard InChI is InChI=1S/C23H19IN2O3S2/c24-19-10-15(7-8-20(19)29-14-17-5-2-1-4-16(17)12-25)11-21-22(27)26(23(30)31-21)13-18-6-3-9-28-18/h1-2,4-5,7-8,10-11,18H,3,6,9,13-14H2/b21-11-/t18-/m1/s1. The van der Waals surface area contributed by atoms with E-state index in [1.807, 2.05) is 42.5 Å². The average Bonchev–Trinajstić information content (AvgIpc) is 3.37. The van der Waals surface area contributed by atoms with Gasteiger partial charge in [-0.2, -0.15) is 5.26 Å². The van der Waals surface area contributed by atoms with E-state index in [0.29, 0.717) is 27.9 Å². The summed E-state index contributed by atoms with van der Waals surface area (Å²) >= 11 is 8.97. The normalized spacial score (nSPS) is 19.8. The molecule has 0 saturated carbocycles. The predicted octanol–water partition coefficient (Wildman–Crippen LogP) is 5.12. The van der Waals surface area contributed by atoms with Crippen molar-refractivity contribution in [3.63, 3.8) is 0 Å². The Balaban J connectivity index is 1.44. The van der Waals surface area contributed by atoms with Gasteiger partial charge in [0, 0.05) is 12.2 Å². The van der Waals surface area contributed by atoms with Crippen molar-refractivity contribution in [3.8, 4) is 11.8 Å². The van der Waals surface area contributed by atoms with Gasteiger partial charge in [0.05, 0.1) is 32.8 Å². The third-order valence-electron chi connectivity index (χ3n) is 5.06. The number of carbonyl (C=O) groups is 1. The molecule has 0 bridgehead atoms. The fraction of sp³-hybridized carbons (Fsp3) is 0.261. The zero-order valence-corrected chi connectivity index (χ0v) is 20.3. The fourth-order valence-electron chi connectivity index (χ4n) is 3.44. The van der Waals surface area contributed by atoms with Crippen molar-refractivity contribution in [1.29, 1.82) is 5.26 Å². The highest BCUT2D eigenvalue weighted by molar-refractivity contribution is 14.1. The number of hydrogen-bond donors (Lipinski definition) is 0. The van der Waals surface area contributed by atoms with E-state index in [2.05, 4.69) is 28.7 Å². The summed E-state index contributed by atoms with van der Waals surface area (Å²) in [4.78, 5) is 15.1. The van der Waals surface area contributed by atoms with Crippen LogP contribution in [0.25, 0.3) is 6.08 Å². The molecule has 0 aliphatic carbocycles. The SMILES string of the molecule is N#Cc1ccccc1COc1ccc(/C=C2\SC(=S)N(C[C@H]3CCCO3)C2=O)cc1I. The van der Waals surface area contributed by atoms with Crippen LogP contribution in [0, 0.1) is 14.9 Å². The molecule has 1 atom stereocenters. The van der Waals surface area contributed by atoms with Gasteiger partial charge in [-0.3, -0.25) is 9.69 Å². The van der Waals surface area contributed by atoms with Crippen LogP contribution >= 0.6 is 46.6 Å². The molecule has 2 aliphatic rings. The zero-order chi connectivity index (χ0) is 21.8. The first-order valence-corrected chi connectivity index (χ1v) is 12.1. The van der Waals surface area contributed by atoms with E-state index in [-0.39, 0.29) is 12.0 Å². The molecule has 1 amide bonds. The number of amides is 1. The average molecular weight is 562 g/mol. The van der Waals surface area contributed by atoms with Crippen molar-refractivity contribution >= 4 is 62.9 Å². The monoisotopic (exact) mass is 562 g/mol. The first-order chi connectivity index (χ1) is 15.0. The van der Waals surface area contributed by atoms with E-state index in [1.165, 1.54) is 11.8 Å². The van der Waals surface area contributed by atoms with Gasteiger partial charge in [-0.25, -0.2) is 0 Å². The van der Waals surface area contributed by atoms with Crippen molar-refractivity contribution in [2.75, 3.05) is 13.2 Å². The molecule has 0 spiro atoms. The third-order valence-corrected chi connectivity index (χ3v) is 7.28. The molecule has 158 valence electrons. The van der Waals surface area contributed by atoms with Gasteiger partial charge >= 0.3 is 0 Å². The van der Waals surface area contributed by atoms with Crippen molar-refractivity contribution in [2.24, 2.45) is 0 Å². The number of ether oxygens (including phenoxy) is 2. The number of carbonyl (C=O) groups excluding carboxylic acids is 1. The van der Waals surface area contributed by atoms with E-state index in [1.54, 1.807) is 11.0 Å². The number of thiocarbonyl (C=S) groups is 1. The summed E-state index contributed by atoms with van der Waals surface area (Å²) in [5.41, 5.74) is 2.37. The fourth-order valence-corrected chi connectivity index (χ4v) is 5.41. The molecule has 0 unspecified atom stereocenters. The van der Waals surface area contributed by atoms with Crippen LogP contribution in [0.4, 0.5) is 0 Å². The number of benzene rings is 2. The minimum atomic E-state index is -0.0612. The second kappa shape index (κ2) is 10.1. The predicted molar refractivity (Wildman–Crippen MR) is 134 cm³/mol. The summed E-state index contributed by atoms with van der Waals surface area (Å²) < 4.78 is 13.1. The maximum atomic E-state index is 12.8. The second-order valence-corrected chi connectivity index (χ2v) is 10.0. The second-order valence-electron chi connectivity index (χ2n) is 7.17. The smallest absolute Gasteiger partial charge is 0.266 e. The lowest BCUT2D eigenvalue weighted by Gasteiger charge is -2.18. The van der Waals surface area contributed by atoms with Crippen LogP contribution in [0.1, 0.15) is 29.5 Å². The minimum Gasteiger partial charge on any atom is -0.488 e. The maximum absolute atomic E-state index is 12.8. The lowest BCUT2D eigenvalue weighted by atomic mass is 10.1. The summed E-state index contributed by atoms with van der Waals surface area (Å²) in [6.45, 7) is 1.60. The van der Waals surface area contributed by atoms with Gasteiger partial charge in [0.1, 0.15) is 16.7 Å². The highest BCUT2D eigenvalue weighted by atomic mass is 127. The van der Waals surface area contributed by atoms with Gasteiger partial charge in [0.2, 0.25) is 0 Å². The Kier molecular flexibility index (Phi) is 7.27. The molecule has 2 heterocycles. The summed E-state index contributed by atoms with van der Waals surface area (Å²) in [6, 6.07) is 15.4. The van der Waals surface area contributed by atoms with Crippen molar-refractivity contribution in [2.45, 2.75) is 25.6 Å². The minimum absolute atomic E-state index is 0.0612. The van der Waals surface area contributed by atoms with Gasteiger partial charge < -0.3 is 9.47 Å².